The fourth-order valence-electron chi connectivity index (χ4n) is 4.64. The van der Waals surface area contributed by atoms with E-state index in [9.17, 15) is 4.79 Å². The van der Waals surface area contributed by atoms with Gasteiger partial charge in [-0.2, -0.15) is 0 Å². The van der Waals surface area contributed by atoms with Gasteiger partial charge in [-0.1, -0.05) is 17.9 Å². The van der Waals surface area contributed by atoms with Crippen LogP contribution in [0.3, 0.4) is 0 Å². The van der Waals surface area contributed by atoms with E-state index in [2.05, 4.69) is 17.2 Å². The highest BCUT2D eigenvalue weighted by atomic mass is 16.1. The molecule has 21 heavy (non-hydrogen) atoms. The molecule has 3 N–H and O–H groups in total. The average Bonchev–Trinajstić information content (AvgIpc) is 2.90. The van der Waals surface area contributed by atoms with Gasteiger partial charge in [0.2, 0.25) is 0 Å². The van der Waals surface area contributed by atoms with Gasteiger partial charge in [-0.3, -0.25) is 4.79 Å². The minimum atomic E-state index is 0.0465. The number of fused-ring (bicyclic) bond motifs is 5. The van der Waals surface area contributed by atoms with Gasteiger partial charge in [-0.05, 0) is 61.1 Å². The van der Waals surface area contributed by atoms with Crippen molar-refractivity contribution >= 4 is 5.91 Å². The zero-order chi connectivity index (χ0) is 14.4. The van der Waals surface area contributed by atoms with Crippen molar-refractivity contribution in [1.82, 2.24) is 5.32 Å². The van der Waals surface area contributed by atoms with E-state index in [4.69, 9.17) is 5.73 Å². The zero-order valence-corrected chi connectivity index (χ0v) is 12.0. The summed E-state index contributed by atoms with van der Waals surface area (Å²) in [5, 5.41) is 3.24. The van der Waals surface area contributed by atoms with E-state index in [1.54, 1.807) is 0 Å². The third-order valence-electron chi connectivity index (χ3n) is 5.49. The number of nitrogens with two attached hydrogens (primary N) is 1. The molecule has 0 aliphatic heterocycles. The second-order valence-corrected chi connectivity index (χ2v) is 6.57. The first kappa shape index (κ1) is 12.9. The van der Waals surface area contributed by atoms with Gasteiger partial charge in [-0.25, -0.2) is 0 Å². The van der Waals surface area contributed by atoms with E-state index in [1.165, 1.54) is 19.3 Å². The monoisotopic (exact) mass is 280 g/mol. The molecule has 108 valence electrons. The highest BCUT2D eigenvalue weighted by Crippen LogP contribution is 2.65. The number of benzene rings is 1. The van der Waals surface area contributed by atoms with Gasteiger partial charge in [-0.15, -0.1) is 0 Å². The van der Waals surface area contributed by atoms with Crippen LogP contribution in [0.4, 0.5) is 0 Å². The number of hydrogen-bond acceptors (Lipinski definition) is 2. The van der Waals surface area contributed by atoms with Crippen molar-refractivity contribution in [2.75, 3.05) is 6.54 Å². The van der Waals surface area contributed by atoms with Gasteiger partial charge >= 0.3 is 0 Å². The first-order chi connectivity index (χ1) is 10.3. The Morgan fingerprint density at radius 1 is 1.29 bits per heavy atom. The number of amides is 1. The third-order valence-corrected chi connectivity index (χ3v) is 5.49. The minimum absolute atomic E-state index is 0.0465. The maximum absolute atomic E-state index is 12.4. The van der Waals surface area contributed by atoms with Gasteiger partial charge in [0.05, 0.1) is 6.54 Å². The summed E-state index contributed by atoms with van der Waals surface area (Å²) in [6.07, 6.45) is 4.16. The fraction of sp³-hybridized carbons (Fsp3) is 0.500. The molecule has 0 saturated heterocycles. The third kappa shape index (κ3) is 2.15. The quantitative estimate of drug-likeness (QED) is 0.811. The van der Waals surface area contributed by atoms with Crippen molar-refractivity contribution < 1.29 is 4.79 Å². The predicted octanol–water partition coefficient (Wildman–Crippen LogP) is 1.77. The van der Waals surface area contributed by atoms with Gasteiger partial charge in [0, 0.05) is 17.2 Å². The van der Waals surface area contributed by atoms with Gasteiger partial charge in [0.1, 0.15) is 0 Å². The molecule has 3 aliphatic rings. The van der Waals surface area contributed by atoms with Crippen molar-refractivity contribution in [1.29, 1.82) is 0 Å². The Kier molecular flexibility index (Phi) is 3.01. The van der Waals surface area contributed by atoms with Crippen molar-refractivity contribution in [3.63, 3.8) is 0 Å². The normalized spacial score (nSPS) is 34.8. The second kappa shape index (κ2) is 4.89. The highest BCUT2D eigenvalue weighted by Gasteiger charge is 2.65. The molecule has 3 heteroatoms. The molecule has 3 fully saturated rings. The summed E-state index contributed by atoms with van der Waals surface area (Å²) in [5.41, 5.74) is 6.94. The van der Waals surface area contributed by atoms with E-state index in [0.29, 0.717) is 18.2 Å². The first-order valence-electron chi connectivity index (χ1n) is 7.88. The Balaban J connectivity index is 1.44. The van der Waals surface area contributed by atoms with Crippen LogP contribution in [0.1, 0.15) is 35.2 Å². The van der Waals surface area contributed by atoms with Crippen LogP contribution in [0.25, 0.3) is 0 Å². The van der Waals surface area contributed by atoms with Crippen LogP contribution < -0.4 is 11.1 Å². The molecular weight excluding hydrogens is 260 g/mol. The number of rotatable bonds is 2. The SMILES string of the molecule is NCC#Cc1cccc(C(=O)NC2C3C4CCC(C4)C23)c1. The molecule has 0 spiro atoms. The standard InChI is InChI=1S/C18H20N2O/c19-8-2-4-11-3-1-5-14(9-11)18(21)20-17-15-12-6-7-13(10-12)16(15)17/h1,3,5,9,12-13,15-17H,6-8,10,19H2,(H,20,21). The molecule has 0 radical (unpaired) electrons. The molecule has 3 saturated carbocycles. The molecule has 3 nitrogen and oxygen atoms in total. The molecule has 4 rings (SSSR count). The van der Waals surface area contributed by atoms with Crippen LogP contribution in [0.15, 0.2) is 24.3 Å². The molecule has 3 aliphatic carbocycles. The maximum Gasteiger partial charge on any atom is 0.251 e. The molecule has 0 aromatic heterocycles. The summed E-state index contributed by atoms with van der Waals surface area (Å²) in [7, 11) is 0. The van der Waals surface area contributed by atoms with Crippen molar-refractivity contribution in [3.8, 4) is 11.8 Å². The summed E-state index contributed by atoms with van der Waals surface area (Å²) in [4.78, 5) is 12.4. The number of nitrogens with one attached hydrogen (secondary N) is 1. The molecule has 4 unspecified atom stereocenters. The van der Waals surface area contributed by atoms with Crippen molar-refractivity contribution in [3.05, 3.63) is 35.4 Å². The van der Waals surface area contributed by atoms with Crippen molar-refractivity contribution in [2.24, 2.45) is 29.4 Å². The molecule has 4 atom stereocenters. The van der Waals surface area contributed by atoms with Crippen LogP contribution in [-0.4, -0.2) is 18.5 Å². The first-order valence-corrected chi connectivity index (χ1v) is 7.88. The smallest absolute Gasteiger partial charge is 0.251 e. The Morgan fingerprint density at radius 3 is 2.76 bits per heavy atom. The Hall–Kier alpha value is -1.79. The Morgan fingerprint density at radius 2 is 2.05 bits per heavy atom. The van der Waals surface area contributed by atoms with E-state index in [-0.39, 0.29) is 5.91 Å². The molecular formula is C18H20N2O. The van der Waals surface area contributed by atoms with Crippen LogP contribution in [-0.2, 0) is 0 Å². The number of hydrogen-bond donors (Lipinski definition) is 2. The molecule has 1 amide bonds. The van der Waals surface area contributed by atoms with Crippen LogP contribution in [0, 0.1) is 35.5 Å². The topological polar surface area (TPSA) is 55.1 Å². The summed E-state index contributed by atoms with van der Waals surface area (Å²) in [6.45, 7) is 0.338. The molecule has 1 aromatic rings. The summed E-state index contributed by atoms with van der Waals surface area (Å²) in [5.74, 6) is 9.15. The lowest BCUT2D eigenvalue weighted by molar-refractivity contribution is 0.0944. The van der Waals surface area contributed by atoms with E-state index < -0.39 is 0 Å². The predicted molar refractivity (Wildman–Crippen MR) is 81.4 cm³/mol. The largest absolute Gasteiger partial charge is 0.349 e. The van der Waals surface area contributed by atoms with Crippen LogP contribution in [0.5, 0.6) is 0 Å². The summed E-state index contributed by atoms with van der Waals surface area (Å²) >= 11 is 0. The highest BCUT2D eigenvalue weighted by molar-refractivity contribution is 5.95. The minimum Gasteiger partial charge on any atom is -0.349 e. The summed E-state index contributed by atoms with van der Waals surface area (Å²) in [6, 6.07) is 7.93. The van der Waals surface area contributed by atoms with E-state index in [1.807, 2.05) is 24.3 Å². The van der Waals surface area contributed by atoms with Gasteiger partial charge < -0.3 is 11.1 Å². The van der Waals surface area contributed by atoms with Crippen LogP contribution in [0.2, 0.25) is 0 Å². The number of carbonyl (C=O) groups is 1. The van der Waals surface area contributed by atoms with E-state index >= 15 is 0 Å². The second-order valence-electron chi connectivity index (χ2n) is 6.57. The lowest BCUT2D eigenvalue weighted by Crippen LogP contribution is -2.29. The molecule has 0 heterocycles. The molecule has 2 bridgehead atoms. The Labute approximate surface area is 125 Å². The Bertz CT molecular complexity index is 626. The summed E-state index contributed by atoms with van der Waals surface area (Å²) < 4.78 is 0. The van der Waals surface area contributed by atoms with Crippen molar-refractivity contribution in [2.45, 2.75) is 25.3 Å². The maximum atomic E-state index is 12.4. The number of carbonyl (C=O) groups excluding carboxylic acids is 1. The lowest BCUT2D eigenvalue weighted by atomic mass is 10.0. The van der Waals surface area contributed by atoms with Crippen LogP contribution >= 0.6 is 0 Å². The van der Waals surface area contributed by atoms with E-state index in [0.717, 1.165) is 29.2 Å². The molecule has 1 aromatic carbocycles. The fourth-order valence-corrected chi connectivity index (χ4v) is 4.64. The van der Waals surface area contributed by atoms with Gasteiger partial charge in [0.15, 0.2) is 0 Å². The van der Waals surface area contributed by atoms with Gasteiger partial charge in [0.25, 0.3) is 5.91 Å². The zero-order valence-electron chi connectivity index (χ0n) is 12.0. The average molecular weight is 280 g/mol. The lowest BCUT2D eigenvalue weighted by Gasteiger charge is -2.10.